The molecule has 0 saturated heterocycles. The Kier molecular flexibility index (Phi) is 8.44. The van der Waals surface area contributed by atoms with Crippen molar-refractivity contribution < 1.29 is 39.1 Å². The first-order valence-corrected chi connectivity index (χ1v) is 7.81. The summed E-state index contributed by atoms with van der Waals surface area (Å²) >= 11 is 0. The van der Waals surface area contributed by atoms with E-state index in [4.69, 9.17) is 14.6 Å². The summed E-state index contributed by atoms with van der Waals surface area (Å²) in [6.07, 6.45) is 0.0472. The molecule has 0 heterocycles. The summed E-state index contributed by atoms with van der Waals surface area (Å²) in [4.78, 5) is 21.2. The monoisotopic (exact) mass is 378 g/mol. The molecule has 2 aromatic rings. The van der Waals surface area contributed by atoms with Crippen LogP contribution in [0.25, 0.3) is 0 Å². The highest BCUT2D eigenvalue weighted by atomic mass is 16.5. The first-order valence-electron chi connectivity index (χ1n) is 7.81. The molecular weight excluding hydrogens is 356 g/mol. The SMILES string of the molecule is COC(=O)Cc1ccc(OC)c(O)c1.COc1ccc(CC(=O)O)cc1O. The van der Waals surface area contributed by atoms with Gasteiger partial charge in [0, 0.05) is 0 Å². The molecule has 27 heavy (non-hydrogen) atoms. The van der Waals surface area contributed by atoms with Gasteiger partial charge in [-0.15, -0.1) is 0 Å². The van der Waals surface area contributed by atoms with Gasteiger partial charge in [0.2, 0.25) is 0 Å². The number of esters is 1. The Morgan fingerprint density at radius 2 is 1.26 bits per heavy atom. The zero-order valence-electron chi connectivity index (χ0n) is 15.3. The summed E-state index contributed by atoms with van der Waals surface area (Å²) in [5, 5.41) is 27.2. The van der Waals surface area contributed by atoms with Gasteiger partial charge in [-0.1, -0.05) is 12.1 Å². The van der Waals surface area contributed by atoms with Crippen LogP contribution in [0.5, 0.6) is 23.0 Å². The lowest BCUT2D eigenvalue weighted by Crippen LogP contribution is -2.04. The van der Waals surface area contributed by atoms with Crippen molar-refractivity contribution in [1.29, 1.82) is 0 Å². The number of hydrogen-bond acceptors (Lipinski definition) is 7. The number of benzene rings is 2. The second-order valence-corrected chi connectivity index (χ2v) is 5.34. The van der Waals surface area contributed by atoms with Gasteiger partial charge >= 0.3 is 11.9 Å². The van der Waals surface area contributed by atoms with Gasteiger partial charge < -0.3 is 29.5 Å². The zero-order chi connectivity index (χ0) is 20.4. The molecular formula is C19H22O8. The third-order valence-electron chi connectivity index (χ3n) is 3.42. The molecule has 0 aromatic heterocycles. The average molecular weight is 378 g/mol. The second-order valence-electron chi connectivity index (χ2n) is 5.34. The quantitative estimate of drug-likeness (QED) is 0.654. The molecule has 0 aliphatic rings. The molecule has 0 aliphatic heterocycles. The lowest BCUT2D eigenvalue weighted by molar-refractivity contribution is -0.140. The zero-order valence-corrected chi connectivity index (χ0v) is 15.3. The van der Waals surface area contributed by atoms with Crippen LogP contribution in [0.4, 0.5) is 0 Å². The van der Waals surface area contributed by atoms with E-state index in [1.54, 1.807) is 18.2 Å². The number of methoxy groups -OCH3 is 3. The van der Waals surface area contributed by atoms with Crippen LogP contribution >= 0.6 is 0 Å². The number of carboxylic acid groups (broad SMARTS) is 1. The van der Waals surface area contributed by atoms with Gasteiger partial charge in [0.25, 0.3) is 0 Å². The normalized spacial score (nSPS) is 9.59. The fourth-order valence-corrected chi connectivity index (χ4v) is 2.10. The van der Waals surface area contributed by atoms with Crippen molar-refractivity contribution >= 4 is 11.9 Å². The van der Waals surface area contributed by atoms with Crippen molar-refractivity contribution in [3.8, 4) is 23.0 Å². The van der Waals surface area contributed by atoms with E-state index in [9.17, 15) is 19.8 Å². The van der Waals surface area contributed by atoms with Crippen LogP contribution in [-0.2, 0) is 27.2 Å². The highest BCUT2D eigenvalue weighted by molar-refractivity contribution is 5.72. The van der Waals surface area contributed by atoms with E-state index in [0.717, 1.165) is 0 Å². The molecule has 0 unspecified atom stereocenters. The first kappa shape index (κ1) is 21.6. The van der Waals surface area contributed by atoms with E-state index in [-0.39, 0.29) is 30.3 Å². The molecule has 0 aliphatic carbocycles. The highest BCUT2D eigenvalue weighted by Gasteiger charge is 2.07. The molecule has 0 saturated carbocycles. The average Bonchev–Trinajstić information content (AvgIpc) is 2.62. The Bertz CT molecular complexity index is 785. The molecule has 8 nitrogen and oxygen atoms in total. The van der Waals surface area contributed by atoms with E-state index >= 15 is 0 Å². The molecule has 146 valence electrons. The minimum atomic E-state index is -0.926. The highest BCUT2D eigenvalue weighted by Crippen LogP contribution is 2.27. The number of ether oxygens (including phenoxy) is 3. The summed E-state index contributed by atoms with van der Waals surface area (Å²) < 4.78 is 14.2. The number of carbonyl (C=O) groups is 2. The van der Waals surface area contributed by atoms with Gasteiger partial charge in [-0.05, 0) is 35.4 Å². The van der Waals surface area contributed by atoms with E-state index < -0.39 is 5.97 Å². The molecule has 3 N–H and O–H groups in total. The third kappa shape index (κ3) is 7.15. The maximum absolute atomic E-state index is 10.9. The van der Waals surface area contributed by atoms with E-state index in [2.05, 4.69) is 4.74 Å². The van der Waals surface area contributed by atoms with Gasteiger partial charge in [-0.2, -0.15) is 0 Å². The molecule has 0 fully saturated rings. The van der Waals surface area contributed by atoms with Crippen molar-refractivity contribution in [2.45, 2.75) is 12.8 Å². The summed E-state index contributed by atoms with van der Waals surface area (Å²) in [5.74, 6) is -0.554. The number of carbonyl (C=O) groups excluding carboxylic acids is 1. The number of phenols is 2. The minimum absolute atomic E-state index is 0.0221. The number of carboxylic acids is 1. The fourth-order valence-electron chi connectivity index (χ4n) is 2.10. The number of rotatable bonds is 6. The Morgan fingerprint density at radius 1 is 0.815 bits per heavy atom. The first-order chi connectivity index (χ1) is 12.8. The van der Waals surface area contributed by atoms with Crippen molar-refractivity contribution in [3.63, 3.8) is 0 Å². The van der Waals surface area contributed by atoms with E-state index in [0.29, 0.717) is 22.6 Å². The summed E-state index contributed by atoms with van der Waals surface area (Å²) in [7, 11) is 4.23. The maximum atomic E-state index is 10.9. The van der Waals surface area contributed by atoms with Crippen molar-refractivity contribution in [1.82, 2.24) is 0 Å². The summed E-state index contributed by atoms with van der Waals surface area (Å²) in [6, 6.07) is 9.31. The smallest absolute Gasteiger partial charge is 0.309 e. The van der Waals surface area contributed by atoms with Crippen LogP contribution in [0.1, 0.15) is 11.1 Å². The lowest BCUT2D eigenvalue weighted by Gasteiger charge is -2.05. The number of aliphatic carboxylic acids is 1. The van der Waals surface area contributed by atoms with Crippen LogP contribution in [-0.4, -0.2) is 48.6 Å². The number of aromatic hydroxyl groups is 2. The molecule has 0 spiro atoms. The van der Waals surface area contributed by atoms with E-state index in [1.807, 2.05) is 0 Å². The van der Waals surface area contributed by atoms with Crippen LogP contribution in [0.2, 0.25) is 0 Å². The van der Waals surface area contributed by atoms with Crippen molar-refractivity contribution in [3.05, 3.63) is 47.5 Å². The van der Waals surface area contributed by atoms with Gasteiger partial charge in [0.1, 0.15) is 0 Å². The Labute approximate surface area is 156 Å². The predicted octanol–water partition coefficient (Wildman–Crippen LogP) is 2.14. The molecule has 2 aromatic carbocycles. The predicted molar refractivity (Wildman–Crippen MR) is 96.4 cm³/mol. The minimum Gasteiger partial charge on any atom is -0.504 e. The molecule has 8 heteroatoms. The van der Waals surface area contributed by atoms with Crippen LogP contribution in [0.3, 0.4) is 0 Å². The Morgan fingerprint density at radius 3 is 1.59 bits per heavy atom. The van der Waals surface area contributed by atoms with Gasteiger partial charge in [-0.25, -0.2) is 0 Å². The third-order valence-corrected chi connectivity index (χ3v) is 3.42. The topological polar surface area (TPSA) is 123 Å². The largest absolute Gasteiger partial charge is 0.504 e. The Balaban J connectivity index is 0.000000271. The second kappa shape index (κ2) is 10.5. The van der Waals surface area contributed by atoms with E-state index in [1.165, 1.54) is 39.5 Å². The van der Waals surface area contributed by atoms with Gasteiger partial charge in [-0.3, -0.25) is 9.59 Å². The Hall–Kier alpha value is -3.42. The standard InChI is InChI=1S/C10H12O4.C9H10O4/c1-13-9-4-3-7(5-8(9)11)6-10(12)14-2;1-13-8-3-2-6(4-7(8)10)5-9(11)12/h3-5,11H,6H2,1-2H3;2-4,10H,5H2,1H3,(H,11,12). The van der Waals surface area contributed by atoms with Crippen LogP contribution in [0.15, 0.2) is 36.4 Å². The van der Waals surface area contributed by atoms with Gasteiger partial charge in [0.15, 0.2) is 23.0 Å². The van der Waals surface area contributed by atoms with Crippen LogP contribution < -0.4 is 9.47 Å². The number of phenolic OH excluding ortho intramolecular Hbond substituents is 2. The van der Waals surface area contributed by atoms with Crippen molar-refractivity contribution in [2.24, 2.45) is 0 Å². The molecule has 0 bridgehead atoms. The van der Waals surface area contributed by atoms with Crippen LogP contribution in [0, 0.1) is 0 Å². The molecule has 2 rings (SSSR count). The fraction of sp³-hybridized carbons (Fsp3) is 0.263. The maximum Gasteiger partial charge on any atom is 0.309 e. The molecule has 0 atom stereocenters. The van der Waals surface area contributed by atoms with Gasteiger partial charge in [0.05, 0.1) is 34.2 Å². The lowest BCUT2D eigenvalue weighted by atomic mass is 10.1. The molecule has 0 amide bonds. The molecule has 0 radical (unpaired) electrons. The van der Waals surface area contributed by atoms with Crippen molar-refractivity contribution in [2.75, 3.05) is 21.3 Å². The number of hydrogen-bond donors (Lipinski definition) is 3. The summed E-state index contributed by atoms with van der Waals surface area (Å²) in [5.41, 5.74) is 1.24. The summed E-state index contributed by atoms with van der Waals surface area (Å²) in [6.45, 7) is 0.